The van der Waals surface area contributed by atoms with Gasteiger partial charge in [0.2, 0.25) is 0 Å². The smallest absolute Gasteiger partial charge is 0.0781 e. The number of benzene rings is 1. The minimum absolute atomic E-state index is 0.185. The molecule has 1 aromatic rings. The maximum atomic E-state index is 9.04. The molecule has 0 saturated heterocycles. The predicted octanol–water partition coefficient (Wildman–Crippen LogP) is 4.03. The molecule has 84 valence electrons. The molecule has 0 radical (unpaired) electrons. The average Bonchev–Trinajstić information content (AvgIpc) is 2.30. The van der Waals surface area contributed by atoms with Crippen LogP contribution in [0.25, 0.3) is 0 Å². The molecule has 1 unspecified atom stereocenters. The second kappa shape index (κ2) is 5.47. The number of hydrogen-bond acceptors (Lipinski definition) is 3. The van der Waals surface area contributed by atoms with E-state index in [2.05, 4.69) is 6.07 Å². The van der Waals surface area contributed by atoms with Crippen LogP contribution in [0, 0.1) is 16.7 Å². The third-order valence-electron chi connectivity index (χ3n) is 2.60. The lowest BCUT2D eigenvalue weighted by molar-refractivity contribution is 0.493. The van der Waals surface area contributed by atoms with Crippen LogP contribution in [0.2, 0.25) is 0 Å². The number of thioether (sulfide) groups is 1. The van der Waals surface area contributed by atoms with Gasteiger partial charge in [0.15, 0.2) is 0 Å². The highest BCUT2D eigenvalue weighted by molar-refractivity contribution is 8.24. The van der Waals surface area contributed by atoms with Gasteiger partial charge < -0.3 is 0 Å². The second-order valence-electron chi connectivity index (χ2n) is 4.25. The number of hydrogen-bond donors (Lipinski definition) is 0. The molecule has 0 aliphatic rings. The Kier molecular flexibility index (Phi) is 4.52. The first-order chi connectivity index (χ1) is 7.47. The van der Waals surface area contributed by atoms with E-state index in [4.69, 9.17) is 17.5 Å². The molecule has 0 bridgehead atoms. The van der Waals surface area contributed by atoms with Crippen LogP contribution in [0.15, 0.2) is 30.3 Å². The Balaban J connectivity index is 2.71. The molecule has 0 aromatic heterocycles. The first-order valence-corrected chi connectivity index (χ1v) is 6.43. The summed E-state index contributed by atoms with van der Waals surface area (Å²) in [6.45, 7) is 5.93. The van der Waals surface area contributed by atoms with Crippen molar-refractivity contribution in [3.05, 3.63) is 35.9 Å². The lowest BCUT2D eigenvalue weighted by atomic mass is 9.92. The van der Waals surface area contributed by atoms with E-state index in [0.29, 0.717) is 0 Å². The number of rotatable bonds is 3. The van der Waals surface area contributed by atoms with Crippen molar-refractivity contribution in [2.24, 2.45) is 5.41 Å². The standard InChI is InChI=1S/C13H15NS2/c1-10(13(2,3)9-14)16-12(15)11-7-5-4-6-8-11/h4-8,10H,1-3H3. The topological polar surface area (TPSA) is 23.8 Å². The molecule has 1 atom stereocenters. The predicted molar refractivity (Wildman–Crippen MR) is 74.6 cm³/mol. The largest absolute Gasteiger partial charge is 0.198 e. The molecule has 16 heavy (non-hydrogen) atoms. The first-order valence-electron chi connectivity index (χ1n) is 5.14. The molecule has 1 aromatic carbocycles. The Hall–Kier alpha value is -0.850. The van der Waals surface area contributed by atoms with Gasteiger partial charge in [0.1, 0.15) is 0 Å². The summed E-state index contributed by atoms with van der Waals surface area (Å²) in [6.07, 6.45) is 0. The molecule has 1 rings (SSSR count). The van der Waals surface area contributed by atoms with Crippen molar-refractivity contribution in [3.63, 3.8) is 0 Å². The van der Waals surface area contributed by atoms with Gasteiger partial charge in [-0.05, 0) is 19.4 Å². The summed E-state index contributed by atoms with van der Waals surface area (Å²) in [5, 5.41) is 9.23. The molecule has 3 heteroatoms. The van der Waals surface area contributed by atoms with E-state index in [9.17, 15) is 0 Å². The summed E-state index contributed by atoms with van der Waals surface area (Å²) in [5.41, 5.74) is 0.701. The summed E-state index contributed by atoms with van der Waals surface area (Å²) in [7, 11) is 0. The van der Waals surface area contributed by atoms with Crippen molar-refractivity contribution in [2.45, 2.75) is 26.0 Å². The summed E-state index contributed by atoms with van der Waals surface area (Å²) < 4.78 is 0.858. The summed E-state index contributed by atoms with van der Waals surface area (Å²) in [6, 6.07) is 12.2. The van der Waals surface area contributed by atoms with Crippen LogP contribution in [0.1, 0.15) is 26.3 Å². The van der Waals surface area contributed by atoms with Gasteiger partial charge in [-0.25, -0.2) is 0 Å². The Morgan fingerprint density at radius 1 is 1.38 bits per heavy atom. The van der Waals surface area contributed by atoms with Crippen LogP contribution < -0.4 is 0 Å². The highest BCUT2D eigenvalue weighted by atomic mass is 32.2. The average molecular weight is 249 g/mol. The molecule has 0 fully saturated rings. The van der Waals surface area contributed by atoms with Gasteiger partial charge >= 0.3 is 0 Å². The third kappa shape index (κ3) is 3.33. The van der Waals surface area contributed by atoms with Crippen molar-refractivity contribution in [3.8, 4) is 6.07 Å². The van der Waals surface area contributed by atoms with Crippen LogP contribution in [0.5, 0.6) is 0 Å². The van der Waals surface area contributed by atoms with Crippen molar-refractivity contribution >= 4 is 28.2 Å². The Labute approximate surface area is 107 Å². The molecule has 0 aliphatic heterocycles. The Bertz CT molecular complexity index is 404. The fourth-order valence-electron chi connectivity index (χ4n) is 1.04. The molecule has 0 saturated carbocycles. The van der Waals surface area contributed by atoms with Gasteiger partial charge in [-0.1, -0.05) is 49.5 Å². The number of nitrogens with zero attached hydrogens (tertiary/aromatic N) is 1. The van der Waals surface area contributed by atoms with Gasteiger partial charge in [0.05, 0.1) is 15.7 Å². The highest BCUT2D eigenvalue weighted by Crippen LogP contribution is 2.32. The van der Waals surface area contributed by atoms with E-state index >= 15 is 0 Å². The van der Waals surface area contributed by atoms with Crippen molar-refractivity contribution < 1.29 is 0 Å². The minimum Gasteiger partial charge on any atom is -0.198 e. The van der Waals surface area contributed by atoms with Crippen LogP contribution >= 0.6 is 24.0 Å². The molecular formula is C13H15NS2. The van der Waals surface area contributed by atoms with E-state index in [1.165, 1.54) is 0 Å². The summed E-state index contributed by atoms with van der Waals surface area (Å²) >= 11 is 6.96. The SMILES string of the molecule is CC(SC(=S)c1ccccc1)C(C)(C)C#N. The van der Waals surface area contributed by atoms with Gasteiger partial charge in [-0.2, -0.15) is 5.26 Å². The zero-order valence-corrected chi connectivity index (χ0v) is 11.4. The quantitative estimate of drug-likeness (QED) is 0.756. The first kappa shape index (κ1) is 13.2. The van der Waals surface area contributed by atoms with Crippen molar-refractivity contribution in [2.75, 3.05) is 0 Å². The third-order valence-corrected chi connectivity index (χ3v) is 4.51. The number of thiocarbonyl (C=S) groups is 1. The van der Waals surface area contributed by atoms with Crippen LogP contribution in [-0.2, 0) is 0 Å². The van der Waals surface area contributed by atoms with Gasteiger partial charge in [0, 0.05) is 5.25 Å². The fraction of sp³-hybridized carbons (Fsp3) is 0.385. The molecule has 0 N–H and O–H groups in total. The van der Waals surface area contributed by atoms with E-state index < -0.39 is 0 Å². The van der Waals surface area contributed by atoms with Gasteiger partial charge in [-0.3, -0.25) is 0 Å². The molecular weight excluding hydrogens is 234 g/mol. The fourth-order valence-corrected chi connectivity index (χ4v) is 2.55. The van der Waals surface area contributed by atoms with E-state index in [0.717, 1.165) is 9.76 Å². The zero-order chi connectivity index (χ0) is 12.2. The van der Waals surface area contributed by atoms with Gasteiger partial charge in [-0.15, -0.1) is 11.8 Å². The van der Waals surface area contributed by atoms with E-state index in [1.54, 1.807) is 11.8 Å². The molecule has 0 aliphatic carbocycles. The molecule has 1 nitrogen and oxygen atoms in total. The zero-order valence-electron chi connectivity index (χ0n) is 9.73. The normalized spacial score (nSPS) is 12.9. The van der Waals surface area contributed by atoms with E-state index in [-0.39, 0.29) is 10.7 Å². The lowest BCUT2D eigenvalue weighted by Crippen LogP contribution is -2.23. The highest BCUT2D eigenvalue weighted by Gasteiger charge is 2.27. The maximum Gasteiger partial charge on any atom is 0.0781 e. The lowest BCUT2D eigenvalue weighted by Gasteiger charge is -2.23. The minimum atomic E-state index is -0.358. The molecule has 0 spiro atoms. The Morgan fingerprint density at radius 3 is 2.44 bits per heavy atom. The van der Waals surface area contributed by atoms with E-state index in [1.807, 2.05) is 51.1 Å². The molecule has 0 heterocycles. The monoisotopic (exact) mass is 249 g/mol. The molecule has 0 amide bonds. The summed E-state index contributed by atoms with van der Waals surface area (Å²) in [4.78, 5) is 0. The summed E-state index contributed by atoms with van der Waals surface area (Å²) in [5.74, 6) is 0. The van der Waals surface area contributed by atoms with Crippen molar-refractivity contribution in [1.29, 1.82) is 5.26 Å². The van der Waals surface area contributed by atoms with Crippen LogP contribution in [-0.4, -0.2) is 9.45 Å². The Morgan fingerprint density at radius 2 is 1.94 bits per heavy atom. The van der Waals surface area contributed by atoms with Crippen LogP contribution in [0.3, 0.4) is 0 Å². The van der Waals surface area contributed by atoms with Crippen molar-refractivity contribution in [1.82, 2.24) is 0 Å². The van der Waals surface area contributed by atoms with Gasteiger partial charge in [0.25, 0.3) is 0 Å². The van der Waals surface area contributed by atoms with Crippen LogP contribution in [0.4, 0.5) is 0 Å². The maximum absolute atomic E-state index is 9.04. The second-order valence-corrected chi connectivity index (χ2v) is 6.26. The number of nitriles is 1.